The van der Waals surface area contributed by atoms with Gasteiger partial charge in [-0.1, -0.05) is 6.42 Å². The zero-order chi connectivity index (χ0) is 26.8. The lowest BCUT2D eigenvalue weighted by Crippen LogP contribution is -2.57. The molecule has 0 bridgehead atoms. The van der Waals surface area contributed by atoms with Crippen molar-refractivity contribution in [1.29, 1.82) is 0 Å². The monoisotopic (exact) mass is 536 g/mol. The molecule has 0 fully saturated rings. The molecule has 0 rings (SSSR count). The van der Waals surface area contributed by atoms with E-state index in [0.717, 1.165) is 6.42 Å². The molecule has 202 valence electrons. The molecule has 0 radical (unpaired) electrons. The molecule has 3 amide bonds. The number of guanidine groups is 1. The SMILES string of the molecule is CSCCC(NC(=O)C(CS)NC(=O)C(N)CCCCN)C(=O)NC(CCCN=C(N)N)C(=O)O. The Balaban J connectivity index is 5.13. The van der Waals surface area contributed by atoms with E-state index in [1.165, 1.54) is 11.8 Å². The van der Waals surface area contributed by atoms with Crippen molar-refractivity contribution in [2.24, 2.45) is 27.9 Å². The Bertz CT molecular complexity index is 709. The van der Waals surface area contributed by atoms with Gasteiger partial charge < -0.3 is 44.0 Å². The van der Waals surface area contributed by atoms with Gasteiger partial charge in [0.25, 0.3) is 0 Å². The van der Waals surface area contributed by atoms with Gasteiger partial charge in [0, 0.05) is 12.3 Å². The van der Waals surface area contributed by atoms with Gasteiger partial charge in [0.15, 0.2) is 5.96 Å². The van der Waals surface area contributed by atoms with Crippen LogP contribution in [0, 0.1) is 0 Å². The predicted octanol–water partition coefficient (Wildman–Crippen LogP) is -2.28. The summed E-state index contributed by atoms with van der Waals surface area (Å²) in [6, 6.07) is -4.02. The number of rotatable bonds is 19. The normalized spacial score (nSPS) is 14.2. The van der Waals surface area contributed by atoms with Gasteiger partial charge in [-0.25, -0.2) is 4.79 Å². The van der Waals surface area contributed by atoms with Crippen molar-refractivity contribution >= 4 is 54.0 Å². The van der Waals surface area contributed by atoms with E-state index in [2.05, 4.69) is 33.6 Å². The maximum absolute atomic E-state index is 12.8. The summed E-state index contributed by atoms with van der Waals surface area (Å²) in [4.78, 5) is 53.3. The fourth-order valence-electron chi connectivity index (χ4n) is 2.92. The number of hydrogen-bond acceptors (Lipinski definition) is 9. The highest BCUT2D eigenvalue weighted by molar-refractivity contribution is 7.98. The van der Waals surface area contributed by atoms with Crippen LogP contribution in [0.1, 0.15) is 38.5 Å². The molecule has 0 aromatic carbocycles. The molecule has 4 unspecified atom stereocenters. The average molecular weight is 537 g/mol. The number of aliphatic imine (C=N–C) groups is 1. The molecular weight excluding hydrogens is 496 g/mol. The van der Waals surface area contributed by atoms with Gasteiger partial charge in [-0.05, 0) is 50.7 Å². The van der Waals surface area contributed by atoms with Crippen LogP contribution in [0.2, 0.25) is 0 Å². The first kappa shape index (κ1) is 32.8. The topological polar surface area (TPSA) is 241 Å². The maximum atomic E-state index is 12.8. The summed E-state index contributed by atoms with van der Waals surface area (Å²) in [5.41, 5.74) is 21.8. The number of thioether (sulfide) groups is 1. The smallest absolute Gasteiger partial charge is 0.326 e. The number of carboxylic acids is 1. The van der Waals surface area contributed by atoms with E-state index in [0.29, 0.717) is 31.6 Å². The van der Waals surface area contributed by atoms with Crippen molar-refractivity contribution in [2.75, 3.05) is 30.9 Å². The van der Waals surface area contributed by atoms with Gasteiger partial charge in [-0.15, -0.1) is 0 Å². The number of carbonyl (C=O) groups excluding carboxylic acids is 3. The Morgan fingerprint density at radius 2 is 1.51 bits per heavy atom. The molecule has 0 saturated carbocycles. The average Bonchev–Trinajstić information content (AvgIpc) is 2.81. The summed E-state index contributed by atoms with van der Waals surface area (Å²) in [6.45, 7) is 0.709. The number of nitrogens with two attached hydrogens (primary N) is 4. The second-order valence-corrected chi connectivity index (χ2v) is 9.18. The fourth-order valence-corrected chi connectivity index (χ4v) is 3.65. The minimum absolute atomic E-state index is 0.0213. The molecule has 0 aromatic rings. The van der Waals surface area contributed by atoms with Crippen molar-refractivity contribution in [1.82, 2.24) is 16.0 Å². The maximum Gasteiger partial charge on any atom is 0.326 e. The third-order valence-electron chi connectivity index (χ3n) is 4.93. The molecule has 0 spiro atoms. The Labute approximate surface area is 215 Å². The number of hydrogen-bond donors (Lipinski definition) is 9. The third kappa shape index (κ3) is 14.7. The van der Waals surface area contributed by atoms with Crippen LogP contribution in [0.5, 0.6) is 0 Å². The second-order valence-electron chi connectivity index (χ2n) is 7.83. The van der Waals surface area contributed by atoms with Crippen LogP contribution in [0.15, 0.2) is 4.99 Å². The molecule has 0 aliphatic heterocycles. The van der Waals surface area contributed by atoms with Crippen molar-refractivity contribution in [3.8, 4) is 0 Å². The highest BCUT2D eigenvalue weighted by Crippen LogP contribution is 2.06. The van der Waals surface area contributed by atoms with Crippen LogP contribution in [0.25, 0.3) is 0 Å². The van der Waals surface area contributed by atoms with Gasteiger partial charge in [0.05, 0.1) is 6.04 Å². The first-order valence-electron chi connectivity index (χ1n) is 11.3. The first-order valence-corrected chi connectivity index (χ1v) is 13.3. The van der Waals surface area contributed by atoms with Crippen molar-refractivity contribution in [3.63, 3.8) is 0 Å². The van der Waals surface area contributed by atoms with Crippen molar-refractivity contribution in [3.05, 3.63) is 0 Å². The molecule has 0 aromatic heterocycles. The number of carboxylic acid groups (broad SMARTS) is 1. The zero-order valence-electron chi connectivity index (χ0n) is 20.1. The number of aliphatic carboxylic acids is 1. The number of carbonyl (C=O) groups is 4. The standard InChI is InChI=1S/C20H40N8O5S2/c1-35-10-7-13(17(30)27-14(19(32)33)6-4-9-25-20(23)24)26-18(31)15(11-34)28-16(29)12(22)5-2-3-8-21/h12-15,34H,2-11,21-22H2,1H3,(H,26,31)(H,27,30)(H,28,29)(H,32,33)(H4,23,24,25). The highest BCUT2D eigenvalue weighted by Gasteiger charge is 2.29. The number of nitrogens with zero attached hydrogens (tertiary/aromatic N) is 1. The van der Waals surface area contributed by atoms with Gasteiger partial charge in [-0.2, -0.15) is 24.4 Å². The second kappa shape index (κ2) is 19.0. The Morgan fingerprint density at radius 1 is 0.914 bits per heavy atom. The van der Waals surface area contributed by atoms with Crippen LogP contribution in [-0.4, -0.2) is 89.8 Å². The van der Waals surface area contributed by atoms with E-state index in [9.17, 15) is 24.3 Å². The molecular formula is C20H40N8O5S2. The van der Waals surface area contributed by atoms with Gasteiger partial charge in [-0.3, -0.25) is 19.4 Å². The lowest BCUT2D eigenvalue weighted by molar-refractivity contribution is -0.142. The Kier molecular flexibility index (Phi) is 17.8. The minimum atomic E-state index is -1.22. The molecule has 0 saturated heterocycles. The Morgan fingerprint density at radius 3 is 2.06 bits per heavy atom. The van der Waals surface area contributed by atoms with E-state index in [1.54, 1.807) is 0 Å². The lowest BCUT2D eigenvalue weighted by Gasteiger charge is -2.24. The number of nitrogens with one attached hydrogen (secondary N) is 3. The van der Waals surface area contributed by atoms with Crippen LogP contribution in [0.4, 0.5) is 0 Å². The molecule has 4 atom stereocenters. The molecule has 0 aliphatic carbocycles. The predicted molar refractivity (Wildman–Crippen MR) is 141 cm³/mol. The molecule has 0 aliphatic rings. The summed E-state index contributed by atoms with van der Waals surface area (Å²) < 4.78 is 0. The van der Waals surface area contributed by atoms with Crippen LogP contribution in [-0.2, 0) is 19.2 Å². The van der Waals surface area contributed by atoms with E-state index < -0.39 is 47.9 Å². The molecule has 0 heterocycles. The number of unbranched alkanes of at least 4 members (excludes halogenated alkanes) is 1. The van der Waals surface area contributed by atoms with E-state index in [-0.39, 0.29) is 31.1 Å². The van der Waals surface area contributed by atoms with Crippen LogP contribution >= 0.6 is 24.4 Å². The van der Waals surface area contributed by atoms with E-state index in [1.807, 2.05) is 6.26 Å². The van der Waals surface area contributed by atoms with Crippen molar-refractivity contribution < 1.29 is 24.3 Å². The summed E-state index contributed by atoms with van der Waals surface area (Å²) in [5.74, 6) is -2.59. The number of amides is 3. The van der Waals surface area contributed by atoms with E-state index >= 15 is 0 Å². The van der Waals surface area contributed by atoms with E-state index in [4.69, 9.17) is 22.9 Å². The third-order valence-corrected chi connectivity index (χ3v) is 5.93. The summed E-state index contributed by atoms with van der Waals surface area (Å²) >= 11 is 5.59. The summed E-state index contributed by atoms with van der Waals surface area (Å²) in [7, 11) is 0. The highest BCUT2D eigenvalue weighted by atomic mass is 32.2. The zero-order valence-corrected chi connectivity index (χ0v) is 21.8. The van der Waals surface area contributed by atoms with Crippen LogP contribution < -0.4 is 38.9 Å². The fraction of sp³-hybridized carbons (Fsp3) is 0.750. The lowest BCUT2D eigenvalue weighted by atomic mass is 10.1. The van der Waals surface area contributed by atoms with Gasteiger partial charge in [0.1, 0.15) is 18.1 Å². The summed E-state index contributed by atoms with van der Waals surface area (Å²) in [6.07, 6.45) is 4.34. The molecule has 13 nitrogen and oxygen atoms in total. The molecule has 12 N–H and O–H groups in total. The largest absolute Gasteiger partial charge is 0.480 e. The Hall–Kier alpha value is -2.23. The number of thiol groups is 1. The molecule has 35 heavy (non-hydrogen) atoms. The van der Waals surface area contributed by atoms with Gasteiger partial charge >= 0.3 is 5.97 Å². The summed E-state index contributed by atoms with van der Waals surface area (Å²) in [5, 5.41) is 17.1. The molecule has 15 heteroatoms. The first-order chi connectivity index (χ1) is 16.6. The van der Waals surface area contributed by atoms with Crippen LogP contribution in [0.3, 0.4) is 0 Å². The minimum Gasteiger partial charge on any atom is -0.480 e. The van der Waals surface area contributed by atoms with Crippen molar-refractivity contribution in [2.45, 2.75) is 62.7 Å². The van der Waals surface area contributed by atoms with Gasteiger partial charge in [0.2, 0.25) is 17.7 Å². The quantitative estimate of drug-likeness (QED) is 0.0370.